The quantitative estimate of drug-likeness (QED) is 0.773. The van der Waals surface area contributed by atoms with Crippen LogP contribution in [0.1, 0.15) is 19.2 Å². The van der Waals surface area contributed by atoms with Crippen molar-refractivity contribution in [2.45, 2.75) is 25.9 Å². The first-order valence-electron chi connectivity index (χ1n) is 6.83. The maximum atomic E-state index is 11.9. The Hall–Kier alpha value is -2.01. The number of hydrogen-bond acceptors (Lipinski definition) is 3. The van der Waals surface area contributed by atoms with Crippen LogP contribution in [0.25, 0.3) is 0 Å². The van der Waals surface area contributed by atoms with E-state index < -0.39 is 6.10 Å². The zero-order chi connectivity index (χ0) is 15.1. The SMILES string of the molecule is CC(Oc1ccc(Cl)cc1)C(=O)NCCCc1ncc[nH]1. The molecule has 0 aliphatic heterocycles. The Labute approximate surface area is 128 Å². The molecule has 0 spiro atoms. The molecule has 2 rings (SSSR count). The average Bonchev–Trinajstić information content (AvgIpc) is 2.99. The van der Waals surface area contributed by atoms with Crippen molar-refractivity contribution >= 4 is 17.5 Å². The van der Waals surface area contributed by atoms with E-state index in [9.17, 15) is 4.79 Å². The highest BCUT2D eigenvalue weighted by Crippen LogP contribution is 2.16. The number of hydrogen-bond donors (Lipinski definition) is 2. The van der Waals surface area contributed by atoms with Crippen LogP contribution in [0.3, 0.4) is 0 Å². The molecule has 0 aliphatic carbocycles. The first-order chi connectivity index (χ1) is 10.1. The van der Waals surface area contributed by atoms with Crippen LogP contribution in [-0.2, 0) is 11.2 Å². The topological polar surface area (TPSA) is 67.0 Å². The predicted molar refractivity (Wildman–Crippen MR) is 81.5 cm³/mol. The Bertz CT molecular complexity index is 555. The number of aromatic amines is 1. The fourth-order valence-electron chi connectivity index (χ4n) is 1.82. The summed E-state index contributed by atoms with van der Waals surface area (Å²) in [6, 6.07) is 6.93. The predicted octanol–water partition coefficient (Wildman–Crippen LogP) is 2.58. The fraction of sp³-hybridized carbons (Fsp3) is 0.333. The first kappa shape index (κ1) is 15.4. The summed E-state index contributed by atoms with van der Waals surface area (Å²) in [6.07, 6.45) is 4.59. The van der Waals surface area contributed by atoms with Gasteiger partial charge >= 0.3 is 0 Å². The summed E-state index contributed by atoms with van der Waals surface area (Å²) >= 11 is 5.80. The van der Waals surface area contributed by atoms with Crippen molar-refractivity contribution in [1.29, 1.82) is 0 Å². The number of nitrogens with one attached hydrogen (secondary N) is 2. The van der Waals surface area contributed by atoms with Gasteiger partial charge in [-0.05, 0) is 37.6 Å². The summed E-state index contributed by atoms with van der Waals surface area (Å²) in [5, 5.41) is 3.48. The highest BCUT2D eigenvalue weighted by atomic mass is 35.5. The number of carbonyl (C=O) groups is 1. The molecule has 1 atom stereocenters. The van der Waals surface area contributed by atoms with E-state index in [1.807, 2.05) is 0 Å². The molecule has 5 nitrogen and oxygen atoms in total. The molecule has 0 saturated heterocycles. The number of halogens is 1. The second-order valence-corrected chi connectivity index (χ2v) is 5.08. The zero-order valence-electron chi connectivity index (χ0n) is 11.8. The first-order valence-corrected chi connectivity index (χ1v) is 7.21. The summed E-state index contributed by atoms with van der Waals surface area (Å²) in [5.74, 6) is 1.41. The van der Waals surface area contributed by atoms with Crippen molar-refractivity contribution in [1.82, 2.24) is 15.3 Å². The van der Waals surface area contributed by atoms with E-state index in [-0.39, 0.29) is 5.91 Å². The number of H-pyrrole nitrogens is 1. The van der Waals surface area contributed by atoms with Crippen LogP contribution in [0.15, 0.2) is 36.7 Å². The summed E-state index contributed by atoms with van der Waals surface area (Å²) < 4.78 is 5.54. The van der Waals surface area contributed by atoms with Crippen LogP contribution in [-0.4, -0.2) is 28.5 Å². The molecule has 0 bridgehead atoms. The highest BCUT2D eigenvalue weighted by Gasteiger charge is 2.13. The van der Waals surface area contributed by atoms with Gasteiger partial charge in [0.05, 0.1) is 0 Å². The van der Waals surface area contributed by atoms with Gasteiger partial charge in [0.2, 0.25) is 0 Å². The smallest absolute Gasteiger partial charge is 0.260 e. The van der Waals surface area contributed by atoms with Gasteiger partial charge in [-0.15, -0.1) is 0 Å². The van der Waals surface area contributed by atoms with Gasteiger partial charge < -0.3 is 15.0 Å². The Morgan fingerprint density at radius 3 is 2.86 bits per heavy atom. The van der Waals surface area contributed by atoms with Crippen LogP contribution >= 0.6 is 11.6 Å². The minimum absolute atomic E-state index is 0.135. The normalized spacial score (nSPS) is 11.9. The van der Waals surface area contributed by atoms with Crippen LogP contribution in [0.5, 0.6) is 5.75 Å². The van der Waals surface area contributed by atoms with Crippen LogP contribution < -0.4 is 10.1 Å². The number of imidazole rings is 1. The van der Waals surface area contributed by atoms with E-state index in [1.54, 1.807) is 43.6 Å². The van der Waals surface area contributed by atoms with Crippen molar-refractivity contribution in [3.05, 3.63) is 47.5 Å². The lowest BCUT2D eigenvalue weighted by Gasteiger charge is -2.14. The Balaban J connectivity index is 1.68. The van der Waals surface area contributed by atoms with E-state index in [0.29, 0.717) is 17.3 Å². The summed E-state index contributed by atoms with van der Waals surface area (Å²) in [7, 11) is 0. The fourth-order valence-corrected chi connectivity index (χ4v) is 1.94. The minimum atomic E-state index is -0.546. The number of amides is 1. The minimum Gasteiger partial charge on any atom is -0.481 e. The lowest BCUT2D eigenvalue weighted by molar-refractivity contribution is -0.127. The van der Waals surface area contributed by atoms with Gasteiger partial charge in [-0.3, -0.25) is 4.79 Å². The Kier molecular flexibility index (Phi) is 5.63. The second-order valence-electron chi connectivity index (χ2n) is 4.64. The molecule has 21 heavy (non-hydrogen) atoms. The standard InChI is InChI=1S/C15H18ClN3O2/c1-11(21-13-6-4-12(16)5-7-13)15(20)19-8-2-3-14-17-9-10-18-14/h4-7,9-11H,2-3,8H2,1H3,(H,17,18)(H,19,20). The molecule has 1 amide bonds. The molecule has 0 fully saturated rings. The lowest BCUT2D eigenvalue weighted by Crippen LogP contribution is -2.36. The number of aryl methyl sites for hydroxylation is 1. The van der Waals surface area contributed by atoms with Crippen molar-refractivity contribution < 1.29 is 9.53 Å². The molecule has 0 aliphatic rings. The monoisotopic (exact) mass is 307 g/mol. The molecular weight excluding hydrogens is 290 g/mol. The number of benzene rings is 1. The van der Waals surface area contributed by atoms with E-state index in [2.05, 4.69) is 15.3 Å². The van der Waals surface area contributed by atoms with Gasteiger partial charge in [0.25, 0.3) is 5.91 Å². The highest BCUT2D eigenvalue weighted by molar-refractivity contribution is 6.30. The largest absolute Gasteiger partial charge is 0.481 e. The van der Waals surface area contributed by atoms with Crippen molar-refractivity contribution in [2.24, 2.45) is 0 Å². The third kappa shape index (κ3) is 5.11. The van der Waals surface area contributed by atoms with Gasteiger partial charge in [0, 0.05) is 30.4 Å². The van der Waals surface area contributed by atoms with Gasteiger partial charge in [0.15, 0.2) is 6.10 Å². The Morgan fingerprint density at radius 1 is 1.43 bits per heavy atom. The molecule has 1 aromatic heterocycles. The van der Waals surface area contributed by atoms with Gasteiger partial charge in [-0.2, -0.15) is 0 Å². The number of nitrogens with zero attached hydrogens (tertiary/aromatic N) is 1. The van der Waals surface area contributed by atoms with Crippen LogP contribution in [0.4, 0.5) is 0 Å². The molecule has 6 heteroatoms. The summed E-state index contributed by atoms with van der Waals surface area (Å²) in [5.41, 5.74) is 0. The van der Waals surface area contributed by atoms with E-state index >= 15 is 0 Å². The van der Waals surface area contributed by atoms with E-state index in [1.165, 1.54) is 0 Å². The van der Waals surface area contributed by atoms with E-state index in [4.69, 9.17) is 16.3 Å². The summed E-state index contributed by atoms with van der Waals surface area (Å²) in [6.45, 7) is 2.31. The molecule has 112 valence electrons. The lowest BCUT2D eigenvalue weighted by atomic mass is 10.3. The van der Waals surface area contributed by atoms with E-state index in [0.717, 1.165) is 18.7 Å². The van der Waals surface area contributed by atoms with Crippen LogP contribution in [0, 0.1) is 0 Å². The molecule has 2 aromatic rings. The second kappa shape index (κ2) is 7.69. The molecular formula is C15H18ClN3O2. The van der Waals surface area contributed by atoms with Gasteiger partial charge in [-0.1, -0.05) is 11.6 Å². The maximum Gasteiger partial charge on any atom is 0.260 e. The maximum absolute atomic E-state index is 11.9. The molecule has 0 radical (unpaired) electrons. The molecule has 2 N–H and O–H groups in total. The number of ether oxygens (including phenoxy) is 1. The van der Waals surface area contributed by atoms with Gasteiger partial charge in [-0.25, -0.2) is 4.98 Å². The Morgan fingerprint density at radius 2 is 2.19 bits per heavy atom. The van der Waals surface area contributed by atoms with Crippen LogP contribution in [0.2, 0.25) is 5.02 Å². The third-order valence-electron chi connectivity index (χ3n) is 2.94. The van der Waals surface area contributed by atoms with Crippen molar-refractivity contribution in [3.8, 4) is 5.75 Å². The molecule has 0 saturated carbocycles. The molecule has 1 unspecified atom stereocenters. The van der Waals surface area contributed by atoms with Gasteiger partial charge in [0.1, 0.15) is 11.6 Å². The number of carbonyl (C=O) groups excluding carboxylic acids is 1. The summed E-state index contributed by atoms with van der Waals surface area (Å²) in [4.78, 5) is 19.0. The number of aromatic nitrogens is 2. The number of rotatable bonds is 7. The van der Waals surface area contributed by atoms with Crippen molar-refractivity contribution in [2.75, 3.05) is 6.54 Å². The molecule has 1 aromatic carbocycles. The average molecular weight is 308 g/mol. The van der Waals surface area contributed by atoms with Crippen molar-refractivity contribution in [3.63, 3.8) is 0 Å². The molecule has 1 heterocycles. The third-order valence-corrected chi connectivity index (χ3v) is 3.19. The zero-order valence-corrected chi connectivity index (χ0v) is 12.6.